The van der Waals surface area contributed by atoms with Crippen LogP contribution in [0.25, 0.3) is 33.5 Å². The van der Waals surface area contributed by atoms with Gasteiger partial charge in [-0.15, -0.1) is 13.2 Å². The summed E-state index contributed by atoms with van der Waals surface area (Å²) in [5, 5.41) is 12.2. The molecule has 222 valence electrons. The average molecular weight is 590 g/mol. The van der Waals surface area contributed by atoms with Crippen LogP contribution >= 0.6 is 0 Å². The molecule has 0 spiro atoms. The highest BCUT2D eigenvalue weighted by molar-refractivity contribution is 5.88. The third kappa shape index (κ3) is 7.52. The molecule has 0 unspecified atom stereocenters. The van der Waals surface area contributed by atoms with Crippen LogP contribution in [0, 0.1) is 11.3 Å². The van der Waals surface area contributed by atoms with E-state index in [2.05, 4.69) is 21.0 Å². The number of carbonyl (C=O) groups is 1. The number of anilines is 1. The molecule has 43 heavy (non-hydrogen) atoms. The molecular weight excluding hydrogens is 559 g/mol. The number of benzene rings is 3. The molecule has 1 fully saturated rings. The van der Waals surface area contributed by atoms with Gasteiger partial charge in [-0.1, -0.05) is 12.1 Å². The van der Waals surface area contributed by atoms with E-state index in [9.17, 15) is 23.2 Å². The monoisotopic (exact) mass is 589 g/mol. The summed E-state index contributed by atoms with van der Waals surface area (Å²) in [6.07, 6.45) is -3.52. The molecule has 1 aliphatic rings. The van der Waals surface area contributed by atoms with E-state index in [-0.39, 0.29) is 11.8 Å². The van der Waals surface area contributed by atoms with Gasteiger partial charge in [0.2, 0.25) is 0 Å². The summed E-state index contributed by atoms with van der Waals surface area (Å²) in [6.45, 7) is 6.88. The number of rotatable bonds is 5. The van der Waals surface area contributed by atoms with E-state index in [1.165, 1.54) is 24.3 Å². The number of amides is 1. The molecule has 5 rings (SSSR count). The summed E-state index contributed by atoms with van der Waals surface area (Å²) in [5.74, 6) is -0.337. The summed E-state index contributed by atoms with van der Waals surface area (Å²) >= 11 is 0. The van der Waals surface area contributed by atoms with Crippen LogP contribution in [0.5, 0.6) is 5.75 Å². The number of carbonyl (C=O) groups excluding carboxylic acids is 1. The fourth-order valence-electron chi connectivity index (χ4n) is 4.96. The number of piperidine rings is 1. The van der Waals surface area contributed by atoms with Crippen molar-refractivity contribution in [3.8, 4) is 34.3 Å². The zero-order valence-corrected chi connectivity index (χ0v) is 23.9. The number of ether oxygens (including phenoxy) is 2. The molecule has 4 aromatic rings. The van der Waals surface area contributed by atoms with E-state index in [4.69, 9.17) is 14.7 Å². The maximum atomic E-state index is 12.7. The van der Waals surface area contributed by atoms with Gasteiger partial charge in [-0.25, -0.2) is 14.8 Å². The number of aromatic nitrogens is 2. The molecule has 2 heterocycles. The molecule has 0 bridgehead atoms. The van der Waals surface area contributed by atoms with Crippen LogP contribution in [0.3, 0.4) is 0 Å². The van der Waals surface area contributed by atoms with Gasteiger partial charge in [0.25, 0.3) is 0 Å². The van der Waals surface area contributed by atoms with Crippen LogP contribution in [0.15, 0.2) is 66.7 Å². The van der Waals surface area contributed by atoms with Gasteiger partial charge in [-0.2, -0.15) is 5.26 Å². The van der Waals surface area contributed by atoms with Crippen molar-refractivity contribution in [3.05, 3.63) is 72.3 Å². The standard InChI is InChI=1S/C32H30F3N5O3/c1-31(2,3)43-30(41)37-23-5-4-16-40(19-23)24-12-15-26-27(17-24)39-29(21-8-6-20(18-36)7-9-21)28(38-26)22-10-13-25(14-11-22)42-32(33,34)35/h6-15,17,23H,4-5,16,19H2,1-3H3,(H,37,41)/t23-/m0/s1. The summed E-state index contributed by atoms with van der Waals surface area (Å²) < 4.78 is 47.5. The van der Waals surface area contributed by atoms with Crippen molar-refractivity contribution in [1.29, 1.82) is 5.26 Å². The summed E-state index contributed by atoms with van der Waals surface area (Å²) in [5.41, 5.74) is 4.29. The van der Waals surface area contributed by atoms with Gasteiger partial charge in [0.15, 0.2) is 0 Å². The summed E-state index contributed by atoms with van der Waals surface area (Å²) in [6, 6.07) is 20.1. The van der Waals surface area contributed by atoms with E-state index in [0.29, 0.717) is 45.7 Å². The third-order valence-electron chi connectivity index (χ3n) is 6.80. The Balaban J connectivity index is 1.48. The zero-order valence-electron chi connectivity index (χ0n) is 23.9. The summed E-state index contributed by atoms with van der Waals surface area (Å²) in [7, 11) is 0. The van der Waals surface area contributed by atoms with E-state index < -0.39 is 18.1 Å². The Morgan fingerprint density at radius 3 is 2.19 bits per heavy atom. The average Bonchev–Trinajstić information content (AvgIpc) is 2.95. The van der Waals surface area contributed by atoms with Crippen molar-refractivity contribution < 1.29 is 27.4 Å². The predicted molar refractivity (Wildman–Crippen MR) is 156 cm³/mol. The molecule has 1 saturated heterocycles. The zero-order chi connectivity index (χ0) is 30.8. The fourth-order valence-corrected chi connectivity index (χ4v) is 4.96. The molecule has 0 radical (unpaired) electrons. The quantitative estimate of drug-likeness (QED) is 0.262. The smallest absolute Gasteiger partial charge is 0.444 e. The lowest BCUT2D eigenvalue weighted by Crippen LogP contribution is -2.49. The Labute approximate surface area is 247 Å². The highest BCUT2D eigenvalue weighted by Gasteiger charge is 2.31. The van der Waals surface area contributed by atoms with Crippen molar-refractivity contribution in [3.63, 3.8) is 0 Å². The summed E-state index contributed by atoms with van der Waals surface area (Å²) in [4.78, 5) is 24.3. The number of alkyl carbamates (subject to hydrolysis) is 1. The van der Waals surface area contributed by atoms with Crippen LogP contribution in [-0.2, 0) is 4.74 Å². The maximum absolute atomic E-state index is 12.7. The maximum Gasteiger partial charge on any atom is 0.573 e. The number of nitrogens with one attached hydrogen (secondary N) is 1. The molecule has 1 aliphatic heterocycles. The highest BCUT2D eigenvalue weighted by atomic mass is 19.4. The number of fused-ring (bicyclic) bond motifs is 1. The number of alkyl halides is 3. The fraction of sp³-hybridized carbons (Fsp3) is 0.312. The first kappa shape index (κ1) is 29.6. The highest BCUT2D eigenvalue weighted by Crippen LogP contribution is 2.34. The first-order chi connectivity index (χ1) is 20.4. The normalized spacial score (nSPS) is 15.6. The van der Waals surface area contributed by atoms with Crippen LogP contribution < -0.4 is 15.0 Å². The number of hydrogen-bond acceptors (Lipinski definition) is 7. The molecule has 1 atom stereocenters. The SMILES string of the molecule is CC(C)(C)OC(=O)N[C@H]1CCCN(c2ccc3nc(-c4ccc(OC(F)(F)F)cc4)c(-c4ccc(C#N)cc4)nc3c2)C1. The lowest BCUT2D eigenvalue weighted by molar-refractivity contribution is -0.274. The first-order valence-corrected chi connectivity index (χ1v) is 13.8. The van der Waals surface area contributed by atoms with E-state index in [1.54, 1.807) is 24.3 Å². The second kappa shape index (κ2) is 11.8. The van der Waals surface area contributed by atoms with Gasteiger partial charge in [0.1, 0.15) is 11.4 Å². The van der Waals surface area contributed by atoms with Crippen molar-refractivity contribution >= 4 is 22.8 Å². The van der Waals surface area contributed by atoms with Crippen LogP contribution in [0.4, 0.5) is 23.7 Å². The van der Waals surface area contributed by atoms with Crippen LogP contribution in [0.2, 0.25) is 0 Å². The van der Waals surface area contributed by atoms with Crippen LogP contribution in [0.1, 0.15) is 39.2 Å². The molecule has 1 amide bonds. The van der Waals surface area contributed by atoms with Gasteiger partial charge < -0.3 is 19.7 Å². The van der Waals surface area contributed by atoms with Crippen molar-refractivity contribution in [2.45, 2.75) is 51.6 Å². The predicted octanol–water partition coefficient (Wildman–Crippen LogP) is 7.23. The Morgan fingerprint density at radius 1 is 0.953 bits per heavy atom. The third-order valence-corrected chi connectivity index (χ3v) is 6.80. The lowest BCUT2D eigenvalue weighted by Gasteiger charge is -2.35. The Hall–Kier alpha value is -4.85. The van der Waals surface area contributed by atoms with Gasteiger partial charge in [0.05, 0.1) is 34.1 Å². The van der Waals surface area contributed by atoms with E-state index in [0.717, 1.165) is 25.1 Å². The molecule has 1 N–H and O–H groups in total. The molecular formula is C32H30F3N5O3. The molecule has 8 nitrogen and oxygen atoms in total. The van der Waals surface area contributed by atoms with Gasteiger partial charge in [-0.3, -0.25) is 0 Å². The minimum absolute atomic E-state index is 0.0775. The first-order valence-electron chi connectivity index (χ1n) is 13.8. The van der Waals surface area contributed by atoms with Crippen molar-refractivity contribution in [2.24, 2.45) is 0 Å². The van der Waals surface area contributed by atoms with Crippen molar-refractivity contribution in [2.75, 3.05) is 18.0 Å². The minimum Gasteiger partial charge on any atom is -0.444 e. The lowest BCUT2D eigenvalue weighted by atomic mass is 10.0. The van der Waals surface area contributed by atoms with E-state index in [1.807, 2.05) is 39.0 Å². The Morgan fingerprint density at radius 2 is 1.58 bits per heavy atom. The topological polar surface area (TPSA) is 100 Å². The molecule has 3 aromatic carbocycles. The van der Waals surface area contributed by atoms with Gasteiger partial charge in [0, 0.05) is 35.9 Å². The largest absolute Gasteiger partial charge is 0.573 e. The number of halogens is 3. The molecule has 0 aliphatic carbocycles. The van der Waals surface area contributed by atoms with Gasteiger partial charge in [-0.05, 0) is 88.2 Å². The Bertz CT molecular complexity index is 1660. The van der Waals surface area contributed by atoms with E-state index >= 15 is 0 Å². The second-order valence-electron chi connectivity index (χ2n) is 11.3. The second-order valence-corrected chi connectivity index (χ2v) is 11.3. The molecule has 11 heteroatoms. The number of nitriles is 1. The van der Waals surface area contributed by atoms with Crippen LogP contribution in [-0.4, -0.2) is 47.2 Å². The van der Waals surface area contributed by atoms with Gasteiger partial charge >= 0.3 is 12.5 Å². The van der Waals surface area contributed by atoms with Crippen molar-refractivity contribution in [1.82, 2.24) is 15.3 Å². The Kier molecular flexibility index (Phi) is 8.13. The number of nitrogens with zero attached hydrogens (tertiary/aromatic N) is 4. The number of hydrogen-bond donors (Lipinski definition) is 1. The molecule has 1 aromatic heterocycles. The molecule has 0 saturated carbocycles. The minimum atomic E-state index is -4.80.